The summed E-state index contributed by atoms with van der Waals surface area (Å²) < 4.78 is 5.32. The smallest absolute Gasteiger partial charge is 0.232 e. The fourth-order valence-corrected chi connectivity index (χ4v) is 2.40. The molecular weight excluding hydrogens is 190 g/mol. The van der Waals surface area contributed by atoms with Crippen LogP contribution in [-0.4, -0.2) is 23.2 Å². The Kier molecular flexibility index (Phi) is 2.44. The van der Waals surface area contributed by atoms with Crippen LogP contribution in [0.4, 0.5) is 0 Å². The van der Waals surface area contributed by atoms with Crippen LogP contribution in [0, 0.1) is 0 Å². The third-order valence-corrected chi connectivity index (χ3v) is 3.56. The fraction of sp³-hybridized carbons (Fsp3) is 0.818. The van der Waals surface area contributed by atoms with Crippen molar-refractivity contribution in [3.63, 3.8) is 0 Å². The minimum atomic E-state index is 0.467. The van der Waals surface area contributed by atoms with E-state index in [4.69, 9.17) is 4.52 Å². The molecule has 2 aliphatic rings. The predicted molar refractivity (Wildman–Crippen MR) is 55.7 cm³/mol. The van der Waals surface area contributed by atoms with E-state index in [2.05, 4.69) is 15.5 Å². The van der Waals surface area contributed by atoms with Crippen molar-refractivity contribution in [2.75, 3.05) is 13.1 Å². The number of nitrogens with zero attached hydrogens (tertiary/aromatic N) is 2. The SMILES string of the molecule is C1CCC(c2noc(C3CNC3)n2)CC1. The average Bonchev–Trinajstić information content (AvgIpc) is 2.66. The summed E-state index contributed by atoms with van der Waals surface area (Å²) in [7, 11) is 0. The Morgan fingerprint density at radius 2 is 1.87 bits per heavy atom. The van der Waals surface area contributed by atoms with Crippen LogP contribution in [0.2, 0.25) is 0 Å². The van der Waals surface area contributed by atoms with E-state index in [1.165, 1.54) is 32.1 Å². The zero-order valence-electron chi connectivity index (χ0n) is 8.91. The number of nitrogens with one attached hydrogen (secondary N) is 1. The van der Waals surface area contributed by atoms with Crippen LogP contribution < -0.4 is 5.32 Å². The molecule has 1 aromatic heterocycles. The summed E-state index contributed by atoms with van der Waals surface area (Å²) in [5, 5.41) is 7.35. The summed E-state index contributed by atoms with van der Waals surface area (Å²) in [6, 6.07) is 0. The van der Waals surface area contributed by atoms with Gasteiger partial charge in [0.25, 0.3) is 0 Å². The molecular formula is C11H17N3O. The van der Waals surface area contributed by atoms with Gasteiger partial charge in [-0.15, -0.1) is 0 Å². The summed E-state index contributed by atoms with van der Waals surface area (Å²) in [5.74, 6) is 2.82. The Morgan fingerprint density at radius 3 is 2.53 bits per heavy atom. The van der Waals surface area contributed by atoms with Crippen LogP contribution >= 0.6 is 0 Å². The van der Waals surface area contributed by atoms with Gasteiger partial charge >= 0.3 is 0 Å². The second-order valence-electron chi connectivity index (χ2n) is 4.68. The van der Waals surface area contributed by atoms with Crippen LogP contribution in [0.1, 0.15) is 55.7 Å². The van der Waals surface area contributed by atoms with Crippen molar-refractivity contribution in [1.29, 1.82) is 0 Å². The predicted octanol–water partition coefficient (Wildman–Crippen LogP) is 1.80. The van der Waals surface area contributed by atoms with Gasteiger partial charge in [-0.05, 0) is 12.8 Å². The van der Waals surface area contributed by atoms with Crippen LogP contribution in [0.25, 0.3) is 0 Å². The molecule has 82 valence electrons. The first-order chi connectivity index (χ1) is 7.43. The van der Waals surface area contributed by atoms with Crippen molar-refractivity contribution in [2.24, 2.45) is 0 Å². The van der Waals surface area contributed by atoms with Gasteiger partial charge < -0.3 is 9.84 Å². The lowest BCUT2D eigenvalue weighted by Crippen LogP contribution is -2.40. The summed E-state index contributed by atoms with van der Waals surface area (Å²) in [4.78, 5) is 4.54. The van der Waals surface area contributed by atoms with E-state index in [1.54, 1.807) is 0 Å². The van der Waals surface area contributed by atoms with Gasteiger partial charge in [0, 0.05) is 19.0 Å². The van der Waals surface area contributed by atoms with E-state index < -0.39 is 0 Å². The van der Waals surface area contributed by atoms with Gasteiger partial charge in [-0.1, -0.05) is 24.4 Å². The van der Waals surface area contributed by atoms with Gasteiger partial charge in [0.05, 0.1) is 5.92 Å². The molecule has 15 heavy (non-hydrogen) atoms. The highest BCUT2D eigenvalue weighted by atomic mass is 16.5. The van der Waals surface area contributed by atoms with E-state index in [-0.39, 0.29) is 0 Å². The standard InChI is InChI=1S/C11H17N3O/c1-2-4-8(5-3-1)10-13-11(15-14-10)9-6-12-7-9/h8-9,12H,1-7H2. The molecule has 1 aliphatic heterocycles. The maximum absolute atomic E-state index is 5.32. The van der Waals surface area contributed by atoms with Gasteiger partial charge in [-0.3, -0.25) is 0 Å². The first-order valence-electron chi connectivity index (χ1n) is 5.97. The molecule has 0 unspecified atom stereocenters. The molecule has 1 aliphatic carbocycles. The van der Waals surface area contributed by atoms with Gasteiger partial charge in [0.1, 0.15) is 0 Å². The van der Waals surface area contributed by atoms with Crippen molar-refractivity contribution in [1.82, 2.24) is 15.5 Å². The normalized spacial score (nSPS) is 24.0. The molecule has 1 saturated carbocycles. The van der Waals surface area contributed by atoms with E-state index in [9.17, 15) is 0 Å². The zero-order chi connectivity index (χ0) is 10.1. The van der Waals surface area contributed by atoms with Crippen molar-refractivity contribution in [2.45, 2.75) is 43.9 Å². The fourth-order valence-electron chi connectivity index (χ4n) is 2.40. The molecule has 1 aromatic rings. The summed E-state index contributed by atoms with van der Waals surface area (Å²) in [6.07, 6.45) is 6.48. The quantitative estimate of drug-likeness (QED) is 0.803. The van der Waals surface area contributed by atoms with Crippen LogP contribution in [0.15, 0.2) is 4.52 Å². The monoisotopic (exact) mass is 207 g/mol. The van der Waals surface area contributed by atoms with Gasteiger partial charge in [0.2, 0.25) is 5.89 Å². The Balaban J connectivity index is 1.71. The lowest BCUT2D eigenvalue weighted by Gasteiger charge is -2.23. The molecule has 3 rings (SSSR count). The highest BCUT2D eigenvalue weighted by molar-refractivity contribution is 5.04. The molecule has 1 N–H and O–H groups in total. The molecule has 2 fully saturated rings. The highest BCUT2D eigenvalue weighted by Gasteiger charge is 2.27. The van der Waals surface area contributed by atoms with Crippen molar-refractivity contribution < 1.29 is 4.52 Å². The first kappa shape index (κ1) is 9.33. The zero-order valence-corrected chi connectivity index (χ0v) is 8.91. The Bertz CT molecular complexity index is 326. The van der Waals surface area contributed by atoms with E-state index in [0.717, 1.165) is 24.8 Å². The van der Waals surface area contributed by atoms with Gasteiger partial charge in [-0.2, -0.15) is 4.98 Å². The maximum atomic E-state index is 5.32. The van der Waals surface area contributed by atoms with Crippen molar-refractivity contribution in [3.05, 3.63) is 11.7 Å². The minimum absolute atomic E-state index is 0.467. The van der Waals surface area contributed by atoms with E-state index in [1.807, 2.05) is 0 Å². The largest absolute Gasteiger partial charge is 0.339 e. The molecule has 4 nitrogen and oxygen atoms in total. The number of aromatic nitrogens is 2. The minimum Gasteiger partial charge on any atom is -0.339 e. The molecule has 2 heterocycles. The second kappa shape index (κ2) is 3.93. The Hall–Kier alpha value is -0.900. The molecule has 0 spiro atoms. The molecule has 4 heteroatoms. The lowest BCUT2D eigenvalue weighted by atomic mass is 9.89. The number of hydrogen-bond donors (Lipinski definition) is 1. The molecule has 0 atom stereocenters. The topological polar surface area (TPSA) is 51.0 Å². The lowest BCUT2D eigenvalue weighted by molar-refractivity contribution is 0.303. The van der Waals surface area contributed by atoms with Gasteiger partial charge in [0.15, 0.2) is 5.82 Å². The Morgan fingerprint density at radius 1 is 1.07 bits per heavy atom. The molecule has 0 aromatic carbocycles. The van der Waals surface area contributed by atoms with Crippen molar-refractivity contribution >= 4 is 0 Å². The van der Waals surface area contributed by atoms with E-state index in [0.29, 0.717) is 11.8 Å². The molecule has 0 amide bonds. The van der Waals surface area contributed by atoms with E-state index >= 15 is 0 Å². The van der Waals surface area contributed by atoms with Crippen LogP contribution in [-0.2, 0) is 0 Å². The molecule has 0 bridgehead atoms. The number of hydrogen-bond acceptors (Lipinski definition) is 4. The van der Waals surface area contributed by atoms with Crippen molar-refractivity contribution in [3.8, 4) is 0 Å². The third-order valence-electron chi connectivity index (χ3n) is 3.56. The number of rotatable bonds is 2. The summed E-state index contributed by atoms with van der Waals surface area (Å²) in [5.41, 5.74) is 0. The maximum Gasteiger partial charge on any atom is 0.232 e. The second-order valence-corrected chi connectivity index (χ2v) is 4.68. The van der Waals surface area contributed by atoms with Crippen LogP contribution in [0.3, 0.4) is 0 Å². The first-order valence-corrected chi connectivity index (χ1v) is 5.97. The summed E-state index contributed by atoms with van der Waals surface area (Å²) in [6.45, 7) is 1.98. The Labute approximate surface area is 89.4 Å². The highest BCUT2D eigenvalue weighted by Crippen LogP contribution is 2.31. The molecule has 0 radical (unpaired) electrons. The third kappa shape index (κ3) is 1.78. The summed E-state index contributed by atoms with van der Waals surface area (Å²) >= 11 is 0. The van der Waals surface area contributed by atoms with Gasteiger partial charge in [-0.25, -0.2) is 0 Å². The van der Waals surface area contributed by atoms with Crippen LogP contribution in [0.5, 0.6) is 0 Å². The average molecular weight is 207 g/mol. The molecule has 1 saturated heterocycles.